The number of rotatable bonds is 3. The number of aromatic nitrogens is 3. The number of halogens is 1. The van der Waals surface area contributed by atoms with Crippen LogP contribution in [0.25, 0.3) is 11.5 Å². The van der Waals surface area contributed by atoms with Crippen LogP contribution in [0.4, 0.5) is 5.82 Å². The SMILES string of the molecule is CCc1c(C)nc(-c2ccc(Br)cn2)nc1NC. The molecule has 0 amide bonds. The Bertz CT molecular complexity index is 552. The predicted octanol–water partition coefficient (Wildman–Crippen LogP) is 3.21. The van der Waals surface area contributed by atoms with Gasteiger partial charge in [-0.2, -0.15) is 0 Å². The number of nitrogens with one attached hydrogen (secondary N) is 1. The largest absolute Gasteiger partial charge is 0.373 e. The molecule has 2 aromatic rings. The normalized spacial score (nSPS) is 10.4. The van der Waals surface area contributed by atoms with E-state index in [1.54, 1.807) is 6.20 Å². The molecule has 0 atom stereocenters. The Labute approximate surface area is 115 Å². The summed E-state index contributed by atoms with van der Waals surface area (Å²) in [7, 11) is 1.87. The number of pyridine rings is 1. The first-order chi connectivity index (χ1) is 8.65. The number of aryl methyl sites for hydroxylation is 1. The number of hydrogen-bond acceptors (Lipinski definition) is 4. The summed E-state index contributed by atoms with van der Waals surface area (Å²) in [6.07, 6.45) is 2.66. The molecule has 2 rings (SSSR count). The van der Waals surface area contributed by atoms with Gasteiger partial charge in [0.2, 0.25) is 0 Å². The van der Waals surface area contributed by atoms with Gasteiger partial charge in [-0.05, 0) is 41.4 Å². The van der Waals surface area contributed by atoms with Crippen molar-refractivity contribution in [2.75, 3.05) is 12.4 Å². The smallest absolute Gasteiger partial charge is 0.180 e. The zero-order valence-electron chi connectivity index (χ0n) is 10.7. The molecule has 0 unspecified atom stereocenters. The molecule has 2 aromatic heterocycles. The summed E-state index contributed by atoms with van der Waals surface area (Å²) in [6, 6.07) is 3.84. The highest BCUT2D eigenvalue weighted by atomic mass is 79.9. The van der Waals surface area contributed by atoms with Gasteiger partial charge >= 0.3 is 0 Å². The Balaban J connectivity index is 2.52. The van der Waals surface area contributed by atoms with E-state index in [0.717, 1.165) is 33.7 Å². The molecule has 0 radical (unpaired) electrons. The molecule has 0 aliphatic rings. The molecule has 0 aliphatic heterocycles. The Morgan fingerprint density at radius 1 is 1.28 bits per heavy atom. The first-order valence-electron chi connectivity index (χ1n) is 5.83. The van der Waals surface area contributed by atoms with Crippen LogP contribution >= 0.6 is 15.9 Å². The van der Waals surface area contributed by atoms with Crippen LogP contribution in [0.2, 0.25) is 0 Å². The second-order valence-corrected chi connectivity index (χ2v) is 4.84. The van der Waals surface area contributed by atoms with E-state index < -0.39 is 0 Å². The lowest BCUT2D eigenvalue weighted by Crippen LogP contribution is -2.05. The van der Waals surface area contributed by atoms with Crippen molar-refractivity contribution in [2.45, 2.75) is 20.3 Å². The Morgan fingerprint density at radius 2 is 2.06 bits per heavy atom. The molecule has 0 saturated carbocycles. The summed E-state index contributed by atoms with van der Waals surface area (Å²) in [5, 5.41) is 3.12. The van der Waals surface area contributed by atoms with E-state index >= 15 is 0 Å². The molecule has 0 saturated heterocycles. The lowest BCUT2D eigenvalue weighted by molar-refractivity contribution is 0.995. The molecule has 94 valence electrons. The van der Waals surface area contributed by atoms with Gasteiger partial charge in [0, 0.05) is 29.0 Å². The van der Waals surface area contributed by atoms with Gasteiger partial charge in [0.25, 0.3) is 0 Å². The molecule has 0 spiro atoms. The Morgan fingerprint density at radius 3 is 2.61 bits per heavy atom. The van der Waals surface area contributed by atoms with E-state index in [0.29, 0.717) is 5.82 Å². The van der Waals surface area contributed by atoms with Crippen molar-refractivity contribution in [3.05, 3.63) is 34.1 Å². The maximum Gasteiger partial charge on any atom is 0.180 e. The fourth-order valence-electron chi connectivity index (χ4n) is 1.85. The topological polar surface area (TPSA) is 50.7 Å². The molecule has 0 aromatic carbocycles. The summed E-state index contributed by atoms with van der Waals surface area (Å²) >= 11 is 3.37. The number of hydrogen-bond donors (Lipinski definition) is 1. The standard InChI is InChI=1S/C13H15BrN4/c1-4-10-8(2)17-13(18-12(10)15-3)11-6-5-9(14)7-16-11/h5-7H,4H2,1-3H3,(H,15,17,18). The van der Waals surface area contributed by atoms with Crippen LogP contribution in [0, 0.1) is 6.92 Å². The van der Waals surface area contributed by atoms with E-state index in [4.69, 9.17) is 0 Å². The maximum atomic E-state index is 4.52. The summed E-state index contributed by atoms with van der Waals surface area (Å²) in [6.45, 7) is 4.10. The third-order valence-corrected chi connectivity index (χ3v) is 3.23. The van der Waals surface area contributed by atoms with Gasteiger partial charge in [-0.25, -0.2) is 9.97 Å². The molecule has 0 bridgehead atoms. The molecular weight excluding hydrogens is 292 g/mol. The summed E-state index contributed by atoms with van der Waals surface area (Å²) in [4.78, 5) is 13.4. The third kappa shape index (κ3) is 2.51. The van der Waals surface area contributed by atoms with Crippen molar-refractivity contribution in [1.82, 2.24) is 15.0 Å². The van der Waals surface area contributed by atoms with Gasteiger partial charge in [-0.1, -0.05) is 6.92 Å². The van der Waals surface area contributed by atoms with Gasteiger partial charge in [-0.3, -0.25) is 4.98 Å². The van der Waals surface area contributed by atoms with Crippen LogP contribution in [0.3, 0.4) is 0 Å². The van der Waals surface area contributed by atoms with Crippen molar-refractivity contribution >= 4 is 21.7 Å². The lowest BCUT2D eigenvalue weighted by atomic mass is 10.1. The minimum atomic E-state index is 0.654. The molecule has 1 N–H and O–H groups in total. The van der Waals surface area contributed by atoms with Crippen molar-refractivity contribution in [1.29, 1.82) is 0 Å². The van der Waals surface area contributed by atoms with E-state index in [1.165, 1.54) is 0 Å². The van der Waals surface area contributed by atoms with E-state index in [1.807, 2.05) is 26.1 Å². The van der Waals surface area contributed by atoms with Crippen molar-refractivity contribution in [3.8, 4) is 11.5 Å². The van der Waals surface area contributed by atoms with Crippen LogP contribution in [-0.2, 0) is 6.42 Å². The van der Waals surface area contributed by atoms with Crippen LogP contribution in [0.5, 0.6) is 0 Å². The number of nitrogens with zero attached hydrogens (tertiary/aromatic N) is 3. The minimum Gasteiger partial charge on any atom is -0.373 e. The number of anilines is 1. The van der Waals surface area contributed by atoms with Crippen molar-refractivity contribution in [3.63, 3.8) is 0 Å². The maximum absolute atomic E-state index is 4.52. The zero-order valence-corrected chi connectivity index (χ0v) is 12.2. The van der Waals surface area contributed by atoms with Gasteiger partial charge < -0.3 is 5.32 Å². The van der Waals surface area contributed by atoms with Gasteiger partial charge in [-0.15, -0.1) is 0 Å². The highest BCUT2D eigenvalue weighted by Crippen LogP contribution is 2.22. The van der Waals surface area contributed by atoms with E-state index in [-0.39, 0.29) is 0 Å². The second kappa shape index (κ2) is 5.44. The third-order valence-electron chi connectivity index (χ3n) is 2.76. The fourth-order valence-corrected chi connectivity index (χ4v) is 2.08. The van der Waals surface area contributed by atoms with Crippen LogP contribution in [0.15, 0.2) is 22.8 Å². The van der Waals surface area contributed by atoms with Gasteiger partial charge in [0.15, 0.2) is 5.82 Å². The van der Waals surface area contributed by atoms with Crippen LogP contribution in [-0.4, -0.2) is 22.0 Å². The highest BCUT2D eigenvalue weighted by Gasteiger charge is 2.11. The van der Waals surface area contributed by atoms with E-state index in [2.05, 4.69) is 43.1 Å². The first-order valence-corrected chi connectivity index (χ1v) is 6.62. The lowest BCUT2D eigenvalue weighted by Gasteiger charge is -2.11. The molecule has 2 heterocycles. The monoisotopic (exact) mass is 306 g/mol. The first kappa shape index (κ1) is 13.0. The molecule has 0 fully saturated rings. The van der Waals surface area contributed by atoms with Crippen molar-refractivity contribution in [2.24, 2.45) is 0 Å². The Hall–Kier alpha value is -1.49. The second-order valence-electron chi connectivity index (χ2n) is 3.92. The average Bonchev–Trinajstić information content (AvgIpc) is 2.38. The highest BCUT2D eigenvalue weighted by molar-refractivity contribution is 9.10. The van der Waals surface area contributed by atoms with E-state index in [9.17, 15) is 0 Å². The fraction of sp³-hybridized carbons (Fsp3) is 0.308. The Kier molecular flexibility index (Phi) is 3.91. The average molecular weight is 307 g/mol. The quantitative estimate of drug-likeness (QED) is 0.946. The summed E-state index contributed by atoms with van der Waals surface area (Å²) in [5.41, 5.74) is 2.93. The van der Waals surface area contributed by atoms with Gasteiger partial charge in [0.05, 0.1) is 0 Å². The molecule has 18 heavy (non-hydrogen) atoms. The summed E-state index contributed by atoms with van der Waals surface area (Å²) < 4.78 is 0.946. The molecule has 5 heteroatoms. The molecule has 4 nitrogen and oxygen atoms in total. The zero-order chi connectivity index (χ0) is 13.1. The summed E-state index contributed by atoms with van der Waals surface area (Å²) in [5.74, 6) is 1.53. The minimum absolute atomic E-state index is 0.654. The van der Waals surface area contributed by atoms with Gasteiger partial charge in [0.1, 0.15) is 11.5 Å². The predicted molar refractivity (Wildman–Crippen MR) is 76.6 cm³/mol. The molecule has 0 aliphatic carbocycles. The molecular formula is C13H15BrN4. The van der Waals surface area contributed by atoms with Crippen LogP contribution in [0.1, 0.15) is 18.2 Å². The van der Waals surface area contributed by atoms with Crippen molar-refractivity contribution < 1.29 is 0 Å². The van der Waals surface area contributed by atoms with Crippen LogP contribution < -0.4 is 5.32 Å².